The minimum absolute atomic E-state index is 0.312. The summed E-state index contributed by atoms with van der Waals surface area (Å²) in [5.41, 5.74) is 2.71. The molecule has 0 saturated carbocycles. The van der Waals surface area contributed by atoms with Gasteiger partial charge in [0, 0.05) is 17.1 Å². The van der Waals surface area contributed by atoms with Crippen LogP contribution in [0.5, 0.6) is 0 Å². The predicted octanol–water partition coefficient (Wildman–Crippen LogP) is 4.80. The summed E-state index contributed by atoms with van der Waals surface area (Å²) in [6, 6.07) is 18.3. The zero-order valence-electron chi connectivity index (χ0n) is 15.1. The lowest BCUT2D eigenvalue weighted by Gasteiger charge is -2.08. The molecule has 0 aliphatic heterocycles. The van der Waals surface area contributed by atoms with Crippen molar-refractivity contribution in [3.63, 3.8) is 0 Å². The zero-order chi connectivity index (χ0) is 19.5. The molecule has 0 amide bonds. The number of halogens is 1. The zero-order valence-corrected chi connectivity index (χ0v) is 15.8. The molecule has 140 valence electrons. The average Bonchev–Trinajstić information content (AvgIpc) is 3.37. The van der Waals surface area contributed by atoms with E-state index in [-0.39, 0.29) is 5.91 Å². The van der Waals surface area contributed by atoms with E-state index >= 15 is 0 Å². The molecule has 0 saturated heterocycles. The summed E-state index contributed by atoms with van der Waals surface area (Å²) >= 11 is 5.92. The van der Waals surface area contributed by atoms with E-state index in [0.29, 0.717) is 34.7 Å². The molecule has 28 heavy (non-hydrogen) atoms. The lowest BCUT2D eigenvalue weighted by atomic mass is 10.1. The van der Waals surface area contributed by atoms with Crippen LogP contribution in [0.2, 0.25) is 5.02 Å². The predicted molar refractivity (Wildman–Crippen MR) is 107 cm³/mol. The highest BCUT2D eigenvalue weighted by Crippen LogP contribution is 2.20. The first kappa shape index (κ1) is 18.0. The van der Waals surface area contributed by atoms with Crippen molar-refractivity contribution in [1.82, 2.24) is 14.8 Å². The summed E-state index contributed by atoms with van der Waals surface area (Å²) in [7, 11) is 0. The van der Waals surface area contributed by atoms with Crippen LogP contribution >= 0.6 is 11.6 Å². The van der Waals surface area contributed by atoms with Gasteiger partial charge >= 0.3 is 0 Å². The van der Waals surface area contributed by atoms with Gasteiger partial charge in [-0.15, -0.1) is 5.10 Å². The maximum absolute atomic E-state index is 13.0. The number of carbonyl (C=O) groups excluding carboxylic acids is 1. The Hall–Kier alpha value is -3.38. The van der Waals surface area contributed by atoms with Gasteiger partial charge < -0.3 is 9.73 Å². The molecule has 0 unspecified atom stereocenters. The summed E-state index contributed by atoms with van der Waals surface area (Å²) < 4.78 is 6.62. The largest absolute Gasteiger partial charge is 0.461 e. The molecular weight excluding hydrogens is 376 g/mol. The quantitative estimate of drug-likeness (QED) is 0.528. The molecule has 4 rings (SSSR count). The standard InChI is InChI=1S/C21H17ClN4O2/c1-14-4-6-15(7-5-14)13-23-21-24-19(18-3-2-12-28-18)25-26(21)20(27)16-8-10-17(22)11-9-16/h2-12H,13H2,1H3,(H,23,24,25). The van der Waals surface area contributed by atoms with Crippen LogP contribution in [-0.2, 0) is 6.54 Å². The van der Waals surface area contributed by atoms with Crippen molar-refractivity contribution in [1.29, 1.82) is 0 Å². The normalized spacial score (nSPS) is 10.8. The van der Waals surface area contributed by atoms with Gasteiger partial charge in [-0.1, -0.05) is 41.4 Å². The lowest BCUT2D eigenvalue weighted by molar-refractivity contribution is 0.0947. The second-order valence-corrected chi connectivity index (χ2v) is 6.74. The smallest absolute Gasteiger partial charge is 0.281 e. The van der Waals surface area contributed by atoms with Crippen molar-refractivity contribution in [2.24, 2.45) is 0 Å². The van der Waals surface area contributed by atoms with Crippen LogP contribution in [0.4, 0.5) is 5.95 Å². The monoisotopic (exact) mass is 392 g/mol. The highest BCUT2D eigenvalue weighted by atomic mass is 35.5. The third-order valence-electron chi connectivity index (χ3n) is 4.20. The number of nitrogens with zero attached hydrogens (tertiary/aromatic N) is 3. The van der Waals surface area contributed by atoms with Gasteiger partial charge in [0.25, 0.3) is 5.91 Å². The maximum Gasteiger partial charge on any atom is 0.281 e. The van der Waals surface area contributed by atoms with E-state index in [1.54, 1.807) is 36.4 Å². The number of aryl methyl sites for hydroxylation is 1. The Morgan fingerprint density at radius 2 is 1.86 bits per heavy atom. The fourth-order valence-electron chi connectivity index (χ4n) is 2.68. The highest BCUT2D eigenvalue weighted by Gasteiger charge is 2.19. The van der Waals surface area contributed by atoms with E-state index in [2.05, 4.69) is 15.4 Å². The third-order valence-corrected chi connectivity index (χ3v) is 4.46. The van der Waals surface area contributed by atoms with Crippen LogP contribution < -0.4 is 5.32 Å². The number of anilines is 1. The van der Waals surface area contributed by atoms with Crippen molar-refractivity contribution < 1.29 is 9.21 Å². The molecule has 0 radical (unpaired) electrons. The number of aromatic nitrogens is 3. The van der Waals surface area contributed by atoms with Crippen LogP contribution in [0.3, 0.4) is 0 Å². The highest BCUT2D eigenvalue weighted by molar-refractivity contribution is 6.30. The summed E-state index contributed by atoms with van der Waals surface area (Å²) in [6.07, 6.45) is 1.54. The fourth-order valence-corrected chi connectivity index (χ4v) is 2.81. The number of furan rings is 1. The second-order valence-electron chi connectivity index (χ2n) is 6.30. The first-order valence-corrected chi connectivity index (χ1v) is 9.08. The topological polar surface area (TPSA) is 73.0 Å². The van der Waals surface area contributed by atoms with E-state index in [1.807, 2.05) is 31.2 Å². The lowest BCUT2D eigenvalue weighted by Crippen LogP contribution is -2.17. The molecule has 2 aromatic heterocycles. The molecule has 0 atom stereocenters. The van der Waals surface area contributed by atoms with E-state index in [9.17, 15) is 4.79 Å². The number of nitrogens with one attached hydrogen (secondary N) is 1. The van der Waals surface area contributed by atoms with Gasteiger partial charge in [0.1, 0.15) is 0 Å². The molecule has 4 aromatic rings. The Kier molecular flexibility index (Phi) is 4.95. The van der Waals surface area contributed by atoms with Gasteiger partial charge in [-0.3, -0.25) is 4.79 Å². The average molecular weight is 393 g/mol. The van der Waals surface area contributed by atoms with Crippen LogP contribution in [0.1, 0.15) is 21.5 Å². The third kappa shape index (κ3) is 3.82. The Bertz CT molecular complexity index is 1080. The molecule has 0 aliphatic carbocycles. The van der Waals surface area contributed by atoms with Gasteiger partial charge in [0.2, 0.25) is 11.8 Å². The number of rotatable bonds is 5. The maximum atomic E-state index is 13.0. The number of carbonyl (C=O) groups is 1. The van der Waals surface area contributed by atoms with Crippen molar-refractivity contribution in [3.05, 3.63) is 88.6 Å². The Labute approximate surface area is 166 Å². The minimum Gasteiger partial charge on any atom is -0.461 e. The van der Waals surface area contributed by atoms with Gasteiger partial charge in [-0.2, -0.15) is 9.67 Å². The number of hydrogen-bond donors (Lipinski definition) is 1. The molecular formula is C21H17ClN4O2. The second kappa shape index (κ2) is 7.70. The molecule has 0 aliphatic rings. The molecule has 2 aromatic carbocycles. The molecule has 0 fully saturated rings. The minimum atomic E-state index is -0.312. The number of benzene rings is 2. The van der Waals surface area contributed by atoms with Crippen molar-refractivity contribution in [2.45, 2.75) is 13.5 Å². The number of hydrogen-bond acceptors (Lipinski definition) is 5. The molecule has 1 N–H and O–H groups in total. The molecule has 0 bridgehead atoms. The van der Waals surface area contributed by atoms with E-state index in [0.717, 1.165) is 5.56 Å². The Morgan fingerprint density at radius 3 is 2.54 bits per heavy atom. The first-order valence-electron chi connectivity index (χ1n) is 8.71. The van der Waals surface area contributed by atoms with E-state index < -0.39 is 0 Å². The molecule has 0 spiro atoms. The van der Waals surface area contributed by atoms with E-state index in [4.69, 9.17) is 16.0 Å². The van der Waals surface area contributed by atoms with Crippen LogP contribution in [0.25, 0.3) is 11.6 Å². The molecule has 6 nitrogen and oxygen atoms in total. The Balaban J connectivity index is 1.66. The summed E-state index contributed by atoms with van der Waals surface area (Å²) in [5.74, 6) is 0.847. The van der Waals surface area contributed by atoms with Gasteiger partial charge in [-0.25, -0.2) is 0 Å². The van der Waals surface area contributed by atoms with Gasteiger partial charge in [-0.05, 0) is 48.9 Å². The Morgan fingerprint density at radius 1 is 1.11 bits per heavy atom. The molecule has 2 heterocycles. The molecule has 7 heteroatoms. The van der Waals surface area contributed by atoms with Crippen LogP contribution in [0, 0.1) is 6.92 Å². The van der Waals surface area contributed by atoms with Gasteiger partial charge in [0.05, 0.1) is 6.26 Å². The van der Waals surface area contributed by atoms with Gasteiger partial charge in [0.15, 0.2) is 5.76 Å². The van der Waals surface area contributed by atoms with E-state index in [1.165, 1.54) is 16.5 Å². The van der Waals surface area contributed by atoms with Crippen molar-refractivity contribution in [2.75, 3.05) is 5.32 Å². The van der Waals surface area contributed by atoms with Crippen LogP contribution in [0.15, 0.2) is 71.3 Å². The summed E-state index contributed by atoms with van der Waals surface area (Å²) in [5, 5.41) is 8.10. The van der Waals surface area contributed by atoms with Crippen molar-refractivity contribution >= 4 is 23.5 Å². The van der Waals surface area contributed by atoms with Crippen molar-refractivity contribution in [3.8, 4) is 11.6 Å². The SMILES string of the molecule is Cc1ccc(CNc2nc(-c3ccco3)nn2C(=O)c2ccc(Cl)cc2)cc1. The first-order chi connectivity index (χ1) is 13.6. The van der Waals surface area contributed by atoms with Crippen LogP contribution in [-0.4, -0.2) is 20.7 Å². The fraction of sp³-hybridized carbons (Fsp3) is 0.0952. The summed E-state index contributed by atoms with van der Waals surface area (Å²) in [6.45, 7) is 2.54. The summed E-state index contributed by atoms with van der Waals surface area (Å²) in [4.78, 5) is 17.4.